The van der Waals surface area contributed by atoms with Crippen LogP contribution >= 0.6 is 0 Å². The Morgan fingerprint density at radius 1 is 1.27 bits per heavy atom. The zero-order chi connectivity index (χ0) is 10.5. The molecule has 0 aliphatic carbocycles. The standard InChI is InChI=1S/C10H13N5/c1-15-10(8-13-14-15)7-12-6-9-2-4-11-5-3-9/h2-5,8,12H,6-7H2,1H3. The second-order valence-corrected chi connectivity index (χ2v) is 3.31. The Balaban J connectivity index is 1.83. The van der Waals surface area contributed by atoms with Crippen LogP contribution in [-0.4, -0.2) is 20.0 Å². The van der Waals surface area contributed by atoms with E-state index in [1.807, 2.05) is 19.2 Å². The van der Waals surface area contributed by atoms with E-state index in [0.717, 1.165) is 18.8 Å². The Bertz CT molecular complexity index is 409. The topological polar surface area (TPSA) is 55.6 Å². The molecule has 5 heteroatoms. The molecule has 2 rings (SSSR count). The Labute approximate surface area is 88.1 Å². The molecule has 0 spiro atoms. The lowest BCUT2D eigenvalue weighted by Crippen LogP contribution is -2.15. The van der Waals surface area contributed by atoms with Gasteiger partial charge in [0, 0.05) is 32.5 Å². The van der Waals surface area contributed by atoms with E-state index in [-0.39, 0.29) is 0 Å². The number of hydrogen-bond donors (Lipinski definition) is 1. The molecule has 0 aliphatic heterocycles. The summed E-state index contributed by atoms with van der Waals surface area (Å²) in [7, 11) is 1.89. The SMILES string of the molecule is Cn1nncc1CNCc1ccncc1. The number of aryl methyl sites for hydroxylation is 1. The first kappa shape index (κ1) is 9.79. The van der Waals surface area contributed by atoms with Crippen molar-refractivity contribution in [2.24, 2.45) is 7.05 Å². The summed E-state index contributed by atoms with van der Waals surface area (Å²) < 4.78 is 1.76. The van der Waals surface area contributed by atoms with Gasteiger partial charge in [-0.15, -0.1) is 5.10 Å². The van der Waals surface area contributed by atoms with Gasteiger partial charge in [0.1, 0.15) is 0 Å². The number of hydrogen-bond acceptors (Lipinski definition) is 4. The molecule has 5 nitrogen and oxygen atoms in total. The van der Waals surface area contributed by atoms with Crippen molar-refractivity contribution in [1.82, 2.24) is 25.3 Å². The molecule has 0 aliphatic rings. The van der Waals surface area contributed by atoms with Crippen molar-refractivity contribution in [3.8, 4) is 0 Å². The Hall–Kier alpha value is -1.75. The fourth-order valence-electron chi connectivity index (χ4n) is 1.31. The van der Waals surface area contributed by atoms with Crippen molar-refractivity contribution in [2.75, 3.05) is 0 Å². The fraction of sp³-hybridized carbons (Fsp3) is 0.300. The molecule has 2 aromatic heterocycles. The molecular weight excluding hydrogens is 190 g/mol. The molecule has 2 aromatic rings. The minimum absolute atomic E-state index is 0.770. The highest BCUT2D eigenvalue weighted by atomic mass is 15.4. The van der Waals surface area contributed by atoms with Crippen LogP contribution in [0.15, 0.2) is 30.7 Å². The average molecular weight is 203 g/mol. The second-order valence-electron chi connectivity index (χ2n) is 3.31. The molecule has 1 N–H and O–H groups in total. The van der Waals surface area contributed by atoms with Gasteiger partial charge in [0.25, 0.3) is 0 Å². The summed E-state index contributed by atoms with van der Waals surface area (Å²) in [6.45, 7) is 1.60. The van der Waals surface area contributed by atoms with Crippen LogP contribution in [0.25, 0.3) is 0 Å². The number of pyridine rings is 1. The van der Waals surface area contributed by atoms with Gasteiger partial charge >= 0.3 is 0 Å². The highest BCUT2D eigenvalue weighted by molar-refractivity contribution is 5.09. The molecule has 0 fully saturated rings. The van der Waals surface area contributed by atoms with E-state index in [1.54, 1.807) is 23.3 Å². The van der Waals surface area contributed by atoms with E-state index >= 15 is 0 Å². The van der Waals surface area contributed by atoms with E-state index in [0.29, 0.717) is 0 Å². The first-order valence-corrected chi connectivity index (χ1v) is 4.79. The lowest BCUT2D eigenvalue weighted by molar-refractivity contribution is 0.616. The predicted molar refractivity (Wildman–Crippen MR) is 55.8 cm³/mol. The van der Waals surface area contributed by atoms with Crippen molar-refractivity contribution in [2.45, 2.75) is 13.1 Å². The number of rotatable bonds is 4. The van der Waals surface area contributed by atoms with Crippen LogP contribution < -0.4 is 5.32 Å². The maximum absolute atomic E-state index is 3.97. The summed E-state index contributed by atoms with van der Waals surface area (Å²) in [6, 6.07) is 3.99. The molecule has 0 amide bonds. The van der Waals surface area contributed by atoms with Gasteiger partial charge in [-0.3, -0.25) is 9.67 Å². The van der Waals surface area contributed by atoms with Crippen molar-refractivity contribution in [3.63, 3.8) is 0 Å². The monoisotopic (exact) mass is 203 g/mol. The van der Waals surface area contributed by atoms with Gasteiger partial charge in [-0.25, -0.2) is 0 Å². The average Bonchev–Trinajstić information content (AvgIpc) is 2.66. The van der Waals surface area contributed by atoms with Crippen LogP contribution in [0.3, 0.4) is 0 Å². The van der Waals surface area contributed by atoms with Crippen molar-refractivity contribution >= 4 is 0 Å². The fourth-order valence-corrected chi connectivity index (χ4v) is 1.31. The highest BCUT2D eigenvalue weighted by Gasteiger charge is 1.98. The molecule has 0 atom stereocenters. The Kier molecular flexibility index (Phi) is 3.04. The molecule has 0 radical (unpaired) electrons. The van der Waals surface area contributed by atoms with Crippen LogP contribution in [0, 0.1) is 0 Å². The Morgan fingerprint density at radius 3 is 2.73 bits per heavy atom. The number of aromatic nitrogens is 4. The molecule has 15 heavy (non-hydrogen) atoms. The van der Waals surface area contributed by atoms with Crippen LogP contribution in [0.1, 0.15) is 11.3 Å². The third-order valence-electron chi connectivity index (χ3n) is 2.19. The maximum Gasteiger partial charge on any atom is 0.0738 e. The molecule has 0 bridgehead atoms. The van der Waals surface area contributed by atoms with Crippen molar-refractivity contribution < 1.29 is 0 Å². The van der Waals surface area contributed by atoms with Gasteiger partial charge in [-0.2, -0.15) is 0 Å². The van der Waals surface area contributed by atoms with E-state index in [1.165, 1.54) is 5.56 Å². The van der Waals surface area contributed by atoms with Crippen LogP contribution in [-0.2, 0) is 20.1 Å². The summed E-state index contributed by atoms with van der Waals surface area (Å²) >= 11 is 0. The maximum atomic E-state index is 3.97. The van der Waals surface area contributed by atoms with E-state index in [9.17, 15) is 0 Å². The molecule has 78 valence electrons. The Morgan fingerprint density at radius 2 is 2.07 bits per heavy atom. The van der Waals surface area contributed by atoms with E-state index < -0.39 is 0 Å². The number of nitrogens with zero attached hydrogens (tertiary/aromatic N) is 4. The van der Waals surface area contributed by atoms with Crippen molar-refractivity contribution in [1.29, 1.82) is 0 Å². The van der Waals surface area contributed by atoms with Gasteiger partial charge in [0.15, 0.2) is 0 Å². The minimum Gasteiger partial charge on any atom is -0.307 e. The van der Waals surface area contributed by atoms with Gasteiger partial charge < -0.3 is 5.32 Å². The highest BCUT2D eigenvalue weighted by Crippen LogP contribution is 1.97. The lowest BCUT2D eigenvalue weighted by Gasteiger charge is -2.03. The smallest absolute Gasteiger partial charge is 0.0738 e. The third-order valence-corrected chi connectivity index (χ3v) is 2.19. The molecule has 2 heterocycles. The predicted octanol–water partition coefficient (Wildman–Crippen LogP) is 0.500. The first-order valence-electron chi connectivity index (χ1n) is 4.79. The second kappa shape index (κ2) is 4.65. The quantitative estimate of drug-likeness (QED) is 0.786. The normalized spacial score (nSPS) is 10.5. The van der Waals surface area contributed by atoms with Crippen LogP contribution in [0.5, 0.6) is 0 Å². The summed E-state index contributed by atoms with van der Waals surface area (Å²) in [4.78, 5) is 3.97. The molecule has 0 aromatic carbocycles. The number of nitrogens with one attached hydrogen (secondary N) is 1. The summed E-state index contributed by atoms with van der Waals surface area (Å²) in [5, 5.41) is 11.0. The summed E-state index contributed by atoms with van der Waals surface area (Å²) in [5.74, 6) is 0. The summed E-state index contributed by atoms with van der Waals surface area (Å²) in [5.41, 5.74) is 2.30. The van der Waals surface area contributed by atoms with Gasteiger partial charge in [0.05, 0.1) is 11.9 Å². The van der Waals surface area contributed by atoms with Crippen LogP contribution in [0.2, 0.25) is 0 Å². The molecular formula is C10H13N5. The molecule has 0 saturated heterocycles. The third kappa shape index (κ3) is 2.60. The zero-order valence-electron chi connectivity index (χ0n) is 8.59. The minimum atomic E-state index is 0.770. The largest absolute Gasteiger partial charge is 0.307 e. The van der Waals surface area contributed by atoms with Gasteiger partial charge in [-0.05, 0) is 17.7 Å². The first-order chi connectivity index (χ1) is 7.36. The molecule has 0 saturated carbocycles. The summed E-state index contributed by atoms with van der Waals surface area (Å²) in [6.07, 6.45) is 5.35. The van der Waals surface area contributed by atoms with Gasteiger partial charge in [0.2, 0.25) is 0 Å². The molecule has 0 unspecified atom stereocenters. The van der Waals surface area contributed by atoms with Gasteiger partial charge in [-0.1, -0.05) is 5.21 Å². The van der Waals surface area contributed by atoms with Crippen molar-refractivity contribution in [3.05, 3.63) is 42.0 Å². The van der Waals surface area contributed by atoms with Crippen LogP contribution in [0.4, 0.5) is 0 Å². The zero-order valence-corrected chi connectivity index (χ0v) is 8.59. The lowest BCUT2D eigenvalue weighted by atomic mass is 10.3. The van der Waals surface area contributed by atoms with E-state index in [4.69, 9.17) is 0 Å². The van der Waals surface area contributed by atoms with E-state index in [2.05, 4.69) is 20.6 Å².